The number of carboxylic acids is 1. The van der Waals surface area contributed by atoms with Gasteiger partial charge in [0.2, 0.25) is 12.5 Å². The van der Waals surface area contributed by atoms with E-state index in [2.05, 4.69) is 15.1 Å². The van der Waals surface area contributed by atoms with Crippen LogP contribution in [0.5, 0.6) is 11.5 Å². The van der Waals surface area contributed by atoms with E-state index in [4.69, 9.17) is 14.6 Å². The number of hydrogen-bond acceptors (Lipinski definition) is 6. The number of imidazole rings is 1. The Bertz CT molecular complexity index is 941. The van der Waals surface area contributed by atoms with Gasteiger partial charge in [-0.3, -0.25) is 9.89 Å². The number of aromatic nitrogens is 4. The highest BCUT2D eigenvalue weighted by atomic mass is 16.7. The minimum atomic E-state index is -1.41. The largest absolute Gasteiger partial charge is 0.476 e. The fourth-order valence-corrected chi connectivity index (χ4v) is 2.09. The lowest BCUT2D eigenvalue weighted by atomic mass is 10.3. The SMILES string of the molecule is O=C(O)c1nc2nc3cc4c(cc3n2[nH]c1=O)OCO4. The van der Waals surface area contributed by atoms with E-state index in [1.807, 2.05) is 0 Å². The summed E-state index contributed by atoms with van der Waals surface area (Å²) in [5, 5.41) is 11.3. The van der Waals surface area contributed by atoms with Crippen molar-refractivity contribution in [3.63, 3.8) is 0 Å². The topological polar surface area (TPSA) is 119 Å². The number of fused-ring (bicyclic) bond motifs is 4. The van der Waals surface area contributed by atoms with E-state index < -0.39 is 17.2 Å². The number of benzene rings is 1. The van der Waals surface area contributed by atoms with Crippen molar-refractivity contribution in [2.45, 2.75) is 0 Å². The molecule has 20 heavy (non-hydrogen) atoms. The lowest BCUT2D eigenvalue weighted by molar-refractivity contribution is 0.0688. The first-order valence-corrected chi connectivity index (χ1v) is 5.59. The quantitative estimate of drug-likeness (QED) is 0.640. The zero-order valence-corrected chi connectivity index (χ0v) is 9.78. The number of rotatable bonds is 1. The molecule has 3 heterocycles. The molecule has 9 heteroatoms. The summed E-state index contributed by atoms with van der Waals surface area (Å²) < 4.78 is 11.8. The van der Waals surface area contributed by atoms with Gasteiger partial charge in [-0.25, -0.2) is 14.3 Å². The molecule has 0 saturated heterocycles. The minimum Gasteiger partial charge on any atom is -0.476 e. The summed E-state index contributed by atoms with van der Waals surface area (Å²) in [6.45, 7) is 0.127. The third-order valence-electron chi connectivity index (χ3n) is 2.97. The Morgan fingerprint density at radius 1 is 1.30 bits per heavy atom. The van der Waals surface area contributed by atoms with Gasteiger partial charge in [-0.05, 0) is 0 Å². The molecule has 1 aliphatic rings. The predicted octanol–water partition coefficient (Wildman–Crippen LogP) is -0.00230. The van der Waals surface area contributed by atoms with Crippen molar-refractivity contribution >= 4 is 22.8 Å². The van der Waals surface area contributed by atoms with Crippen molar-refractivity contribution in [3.8, 4) is 11.5 Å². The summed E-state index contributed by atoms with van der Waals surface area (Å²) in [5.41, 5.74) is -0.347. The third-order valence-corrected chi connectivity index (χ3v) is 2.97. The summed E-state index contributed by atoms with van der Waals surface area (Å²) in [6.07, 6.45) is 0. The van der Waals surface area contributed by atoms with Crippen LogP contribution in [0.3, 0.4) is 0 Å². The summed E-state index contributed by atoms with van der Waals surface area (Å²) in [6, 6.07) is 3.29. The van der Waals surface area contributed by atoms with Gasteiger partial charge in [0.05, 0.1) is 11.0 Å². The van der Waals surface area contributed by atoms with E-state index in [-0.39, 0.29) is 12.6 Å². The molecule has 9 nitrogen and oxygen atoms in total. The van der Waals surface area contributed by atoms with E-state index in [0.717, 1.165) is 0 Å². The highest BCUT2D eigenvalue weighted by Gasteiger charge is 2.19. The molecule has 0 atom stereocenters. The molecule has 2 N–H and O–H groups in total. The van der Waals surface area contributed by atoms with Crippen molar-refractivity contribution in [2.24, 2.45) is 0 Å². The number of carbonyl (C=O) groups is 1. The van der Waals surface area contributed by atoms with E-state index in [1.54, 1.807) is 12.1 Å². The van der Waals surface area contributed by atoms with Gasteiger partial charge < -0.3 is 14.6 Å². The van der Waals surface area contributed by atoms with Gasteiger partial charge in [0.25, 0.3) is 11.3 Å². The number of aromatic amines is 1. The van der Waals surface area contributed by atoms with Crippen molar-refractivity contribution in [2.75, 3.05) is 6.79 Å². The van der Waals surface area contributed by atoms with Crippen LogP contribution < -0.4 is 15.0 Å². The molecular formula is C11H6N4O5. The number of carboxylic acid groups (broad SMARTS) is 1. The Balaban J connectivity index is 2.11. The Kier molecular flexibility index (Phi) is 1.87. The molecule has 3 aromatic rings. The van der Waals surface area contributed by atoms with E-state index in [0.29, 0.717) is 22.5 Å². The first-order chi connectivity index (χ1) is 9.63. The lowest BCUT2D eigenvalue weighted by Crippen LogP contribution is -2.22. The lowest BCUT2D eigenvalue weighted by Gasteiger charge is -1.98. The summed E-state index contributed by atoms with van der Waals surface area (Å²) in [7, 11) is 0. The van der Waals surface area contributed by atoms with Crippen LogP contribution >= 0.6 is 0 Å². The Morgan fingerprint density at radius 3 is 2.80 bits per heavy atom. The molecule has 0 fully saturated rings. The van der Waals surface area contributed by atoms with Crippen molar-refractivity contribution in [1.82, 2.24) is 19.6 Å². The molecular weight excluding hydrogens is 268 g/mol. The van der Waals surface area contributed by atoms with Gasteiger partial charge >= 0.3 is 5.97 Å². The van der Waals surface area contributed by atoms with E-state index >= 15 is 0 Å². The Hall–Kier alpha value is -3.10. The maximum Gasteiger partial charge on any atom is 0.360 e. The molecule has 0 amide bonds. The second kappa shape index (κ2) is 3.47. The zero-order valence-electron chi connectivity index (χ0n) is 9.78. The average Bonchev–Trinajstić information content (AvgIpc) is 2.98. The van der Waals surface area contributed by atoms with Crippen molar-refractivity contribution in [3.05, 3.63) is 28.2 Å². The van der Waals surface area contributed by atoms with Gasteiger partial charge in [-0.2, -0.15) is 4.98 Å². The molecule has 1 aromatic carbocycles. The number of nitrogens with one attached hydrogen (secondary N) is 1. The molecule has 0 unspecified atom stereocenters. The predicted molar refractivity (Wildman–Crippen MR) is 64.2 cm³/mol. The molecule has 0 spiro atoms. The van der Waals surface area contributed by atoms with Crippen LogP contribution in [-0.4, -0.2) is 37.5 Å². The number of H-pyrrole nitrogens is 1. The molecule has 2 aromatic heterocycles. The van der Waals surface area contributed by atoms with Crippen molar-refractivity contribution in [1.29, 1.82) is 0 Å². The summed E-state index contributed by atoms with van der Waals surface area (Å²) in [4.78, 5) is 30.4. The summed E-state index contributed by atoms with van der Waals surface area (Å²) >= 11 is 0. The first-order valence-electron chi connectivity index (χ1n) is 5.59. The van der Waals surface area contributed by atoms with Crippen LogP contribution in [0.15, 0.2) is 16.9 Å². The molecule has 1 aliphatic heterocycles. The van der Waals surface area contributed by atoms with Crippen LogP contribution in [-0.2, 0) is 0 Å². The molecule has 0 radical (unpaired) electrons. The standard InChI is InChI=1S/C11H6N4O5/c16-9-8(10(17)18)13-11-12-4-1-6-7(20-3-19-6)2-5(4)15(11)14-9/h1-2H,3H2,(H,14,16)(H,17,18). The molecule has 100 valence electrons. The fourth-order valence-electron chi connectivity index (χ4n) is 2.09. The van der Waals surface area contributed by atoms with Crippen LogP contribution in [0.2, 0.25) is 0 Å². The van der Waals surface area contributed by atoms with Gasteiger partial charge in [-0.15, -0.1) is 0 Å². The van der Waals surface area contributed by atoms with Crippen LogP contribution in [0.4, 0.5) is 0 Å². The highest BCUT2D eigenvalue weighted by Crippen LogP contribution is 2.35. The highest BCUT2D eigenvalue weighted by molar-refractivity contribution is 5.87. The van der Waals surface area contributed by atoms with Crippen molar-refractivity contribution < 1.29 is 19.4 Å². The van der Waals surface area contributed by atoms with Crippen LogP contribution in [0.25, 0.3) is 16.8 Å². The van der Waals surface area contributed by atoms with Gasteiger partial charge in [0.1, 0.15) is 0 Å². The van der Waals surface area contributed by atoms with Gasteiger partial charge in [0.15, 0.2) is 11.5 Å². The maximum atomic E-state index is 11.6. The Morgan fingerprint density at radius 2 is 2.05 bits per heavy atom. The number of nitrogens with zero attached hydrogens (tertiary/aromatic N) is 3. The van der Waals surface area contributed by atoms with Gasteiger partial charge in [0, 0.05) is 12.1 Å². The molecule has 0 aliphatic carbocycles. The molecule has 0 saturated carbocycles. The second-order valence-corrected chi connectivity index (χ2v) is 4.15. The van der Waals surface area contributed by atoms with E-state index in [1.165, 1.54) is 4.52 Å². The third kappa shape index (κ3) is 1.31. The number of hydrogen-bond donors (Lipinski definition) is 2. The second-order valence-electron chi connectivity index (χ2n) is 4.15. The summed E-state index contributed by atoms with van der Waals surface area (Å²) in [5.74, 6) is -0.250. The average molecular weight is 274 g/mol. The van der Waals surface area contributed by atoms with E-state index in [9.17, 15) is 9.59 Å². The fraction of sp³-hybridized carbons (Fsp3) is 0.0909. The Labute approximate surface area is 109 Å². The monoisotopic (exact) mass is 274 g/mol. The normalized spacial score (nSPS) is 13.2. The first kappa shape index (κ1) is 10.8. The molecule has 4 rings (SSSR count). The smallest absolute Gasteiger partial charge is 0.360 e. The number of ether oxygens (including phenoxy) is 2. The zero-order chi connectivity index (χ0) is 13.9. The van der Waals surface area contributed by atoms with Crippen LogP contribution in [0, 0.1) is 0 Å². The minimum absolute atomic E-state index is 0.0840. The van der Waals surface area contributed by atoms with Gasteiger partial charge in [-0.1, -0.05) is 0 Å². The maximum absolute atomic E-state index is 11.6. The number of aromatic carboxylic acids is 1. The van der Waals surface area contributed by atoms with Crippen LogP contribution in [0.1, 0.15) is 10.5 Å². The molecule has 0 bridgehead atoms.